The number of nitrogen functional groups attached to an aromatic ring is 1. The van der Waals surface area contributed by atoms with Crippen molar-refractivity contribution in [1.82, 2.24) is 0 Å². The maximum absolute atomic E-state index is 11.8. The van der Waals surface area contributed by atoms with Gasteiger partial charge in [-0.15, -0.1) is 11.8 Å². The zero-order valence-corrected chi connectivity index (χ0v) is 12.5. The van der Waals surface area contributed by atoms with Crippen molar-refractivity contribution in [1.29, 1.82) is 0 Å². The summed E-state index contributed by atoms with van der Waals surface area (Å²) in [5.74, 6) is 1.33. The minimum absolute atomic E-state index is 0.386. The second kappa shape index (κ2) is 6.53. The first-order valence-corrected chi connectivity index (χ1v) is 7.78. The first kappa shape index (κ1) is 14.5. The minimum atomic E-state index is -0.386. The molecule has 1 aromatic rings. The Hall–Kier alpha value is -0.870. The second-order valence-electron chi connectivity index (χ2n) is 4.83. The molecule has 0 radical (unpaired) electrons. The molecule has 0 amide bonds. The summed E-state index contributed by atoms with van der Waals surface area (Å²) < 4.78 is 4.79. The topological polar surface area (TPSA) is 52.3 Å². The van der Waals surface area contributed by atoms with Crippen LogP contribution in [0.2, 0.25) is 5.02 Å². The van der Waals surface area contributed by atoms with Crippen LogP contribution in [0.5, 0.6) is 0 Å². The number of esters is 1. The normalized spacial score (nSPS) is 15.7. The smallest absolute Gasteiger partial charge is 0.339 e. The van der Waals surface area contributed by atoms with Gasteiger partial charge in [-0.1, -0.05) is 24.4 Å². The molecule has 0 aliphatic heterocycles. The van der Waals surface area contributed by atoms with E-state index in [4.69, 9.17) is 22.1 Å². The van der Waals surface area contributed by atoms with Crippen LogP contribution >= 0.6 is 23.4 Å². The molecule has 0 bridgehead atoms. The quantitative estimate of drug-likeness (QED) is 0.519. The summed E-state index contributed by atoms with van der Waals surface area (Å²) in [6.07, 6.45) is 5.16. The summed E-state index contributed by atoms with van der Waals surface area (Å²) in [4.78, 5) is 12.6. The SMILES string of the molecule is COC(=O)c1cc(N)cc(Cl)c1SCC1CCCC1. The van der Waals surface area contributed by atoms with Crippen LogP contribution in [0.1, 0.15) is 36.0 Å². The van der Waals surface area contributed by atoms with E-state index in [2.05, 4.69) is 0 Å². The van der Waals surface area contributed by atoms with Crippen LogP contribution in [-0.4, -0.2) is 18.8 Å². The van der Waals surface area contributed by atoms with Gasteiger partial charge in [0.05, 0.1) is 17.7 Å². The van der Waals surface area contributed by atoms with Crippen molar-refractivity contribution < 1.29 is 9.53 Å². The Balaban J connectivity index is 2.19. The fourth-order valence-electron chi connectivity index (χ4n) is 2.40. The summed E-state index contributed by atoms with van der Waals surface area (Å²) >= 11 is 7.85. The number of anilines is 1. The molecule has 0 unspecified atom stereocenters. The number of halogens is 1. The third kappa shape index (κ3) is 3.57. The van der Waals surface area contributed by atoms with Gasteiger partial charge in [-0.2, -0.15) is 0 Å². The third-order valence-electron chi connectivity index (χ3n) is 3.41. The van der Waals surface area contributed by atoms with Gasteiger partial charge in [0.1, 0.15) is 0 Å². The molecule has 5 heteroatoms. The average molecular weight is 300 g/mol. The maximum atomic E-state index is 11.8. The third-order valence-corrected chi connectivity index (χ3v) is 5.19. The standard InChI is InChI=1S/C14H18ClNO2S/c1-18-14(17)11-6-10(16)7-12(15)13(11)19-8-9-4-2-3-5-9/h6-7,9H,2-5,8,16H2,1H3. The van der Waals surface area contributed by atoms with Gasteiger partial charge in [0.25, 0.3) is 0 Å². The van der Waals surface area contributed by atoms with Gasteiger partial charge in [0, 0.05) is 16.3 Å². The molecule has 0 spiro atoms. The number of carbonyl (C=O) groups excluding carboxylic acids is 1. The summed E-state index contributed by atoms with van der Waals surface area (Å²) in [6.45, 7) is 0. The number of ether oxygens (including phenoxy) is 1. The Morgan fingerprint density at radius 1 is 1.47 bits per heavy atom. The van der Waals surface area contributed by atoms with Gasteiger partial charge in [0.15, 0.2) is 0 Å². The zero-order valence-electron chi connectivity index (χ0n) is 10.9. The van der Waals surface area contributed by atoms with E-state index >= 15 is 0 Å². The highest BCUT2D eigenvalue weighted by Gasteiger charge is 2.20. The number of thioether (sulfide) groups is 1. The molecular weight excluding hydrogens is 282 g/mol. The fourth-order valence-corrected chi connectivity index (χ4v) is 4.02. The van der Waals surface area contributed by atoms with Crippen LogP contribution in [0.3, 0.4) is 0 Å². The van der Waals surface area contributed by atoms with Crippen molar-refractivity contribution >= 4 is 35.0 Å². The summed E-state index contributed by atoms with van der Waals surface area (Å²) in [7, 11) is 1.37. The molecule has 19 heavy (non-hydrogen) atoms. The van der Waals surface area contributed by atoms with Crippen molar-refractivity contribution in [3.05, 3.63) is 22.7 Å². The molecular formula is C14H18ClNO2S. The lowest BCUT2D eigenvalue weighted by Gasteiger charge is -2.13. The van der Waals surface area contributed by atoms with E-state index < -0.39 is 0 Å². The van der Waals surface area contributed by atoms with Crippen LogP contribution in [0.15, 0.2) is 17.0 Å². The van der Waals surface area contributed by atoms with E-state index in [1.807, 2.05) is 0 Å². The average Bonchev–Trinajstić information content (AvgIpc) is 2.89. The van der Waals surface area contributed by atoms with E-state index in [0.29, 0.717) is 16.3 Å². The predicted molar refractivity (Wildman–Crippen MR) is 79.9 cm³/mol. The van der Waals surface area contributed by atoms with Crippen molar-refractivity contribution in [3.63, 3.8) is 0 Å². The number of nitrogens with two attached hydrogens (primary N) is 1. The van der Waals surface area contributed by atoms with Crippen LogP contribution in [0.4, 0.5) is 5.69 Å². The summed E-state index contributed by atoms with van der Waals surface area (Å²) in [6, 6.07) is 3.32. The van der Waals surface area contributed by atoms with Gasteiger partial charge in [-0.25, -0.2) is 4.79 Å². The molecule has 1 aliphatic rings. The predicted octanol–water partition coefficient (Wildman–Crippen LogP) is 3.99. The van der Waals surface area contributed by atoms with Crippen molar-refractivity contribution in [2.45, 2.75) is 30.6 Å². The molecule has 104 valence electrons. The molecule has 2 N–H and O–H groups in total. The van der Waals surface area contributed by atoms with Gasteiger partial charge in [-0.05, 0) is 30.9 Å². The number of hydrogen-bond donors (Lipinski definition) is 1. The molecule has 1 saturated carbocycles. The van der Waals surface area contributed by atoms with E-state index in [9.17, 15) is 4.79 Å². The molecule has 1 fully saturated rings. The van der Waals surface area contributed by atoms with Gasteiger partial charge in [0.2, 0.25) is 0 Å². The molecule has 1 aromatic carbocycles. The molecule has 1 aliphatic carbocycles. The molecule has 0 atom stereocenters. The highest BCUT2D eigenvalue weighted by atomic mass is 35.5. The van der Waals surface area contributed by atoms with Gasteiger partial charge < -0.3 is 10.5 Å². The lowest BCUT2D eigenvalue weighted by Crippen LogP contribution is -2.06. The van der Waals surface area contributed by atoms with Crippen LogP contribution in [0, 0.1) is 5.92 Å². The molecule has 0 aromatic heterocycles. The highest BCUT2D eigenvalue weighted by Crippen LogP contribution is 2.37. The number of hydrogen-bond acceptors (Lipinski definition) is 4. The zero-order chi connectivity index (χ0) is 13.8. The van der Waals surface area contributed by atoms with Crippen LogP contribution in [0.25, 0.3) is 0 Å². The maximum Gasteiger partial charge on any atom is 0.339 e. The van der Waals surface area contributed by atoms with Crippen molar-refractivity contribution in [2.75, 3.05) is 18.6 Å². The van der Waals surface area contributed by atoms with Crippen LogP contribution < -0.4 is 5.73 Å². The van der Waals surface area contributed by atoms with E-state index in [0.717, 1.165) is 16.6 Å². The Kier molecular flexibility index (Phi) is 4.99. The lowest BCUT2D eigenvalue weighted by atomic mass is 10.1. The van der Waals surface area contributed by atoms with Crippen molar-refractivity contribution in [2.24, 2.45) is 5.92 Å². The first-order chi connectivity index (χ1) is 9.11. The van der Waals surface area contributed by atoms with E-state index in [-0.39, 0.29) is 5.97 Å². The van der Waals surface area contributed by atoms with Gasteiger partial charge >= 0.3 is 5.97 Å². The number of methoxy groups -OCH3 is 1. The Morgan fingerprint density at radius 3 is 2.79 bits per heavy atom. The molecule has 0 saturated heterocycles. The Labute approximate surface area is 122 Å². The number of benzene rings is 1. The van der Waals surface area contributed by atoms with E-state index in [1.54, 1.807) is 23.9 Å². The fraction of sp³-hybridized carbons (Fsp3) is 0.500. The molecule has 3 nitrogen and oxygen atoms in total. The molecule has 0 heterocycles. The van der Waals surface area contributed by atoms with Crippen molar-refractivity contribution in [3.8, 4) is 0 Å². The highest BCUT2D eigenvalue weighted by molar-refractivity contribution is 7.99. The second-order valence-corrected chi connectivity index (χ2v) is 6.27. The van der Waals surface area contributed by atoms with Gasteiger partial charge in [-0.3, -0.25) is 0 Å². The lowest BCUT2D eigenvalue weighted by molar-refractivity contribution is 0.0597. The monoisotopic (exact) mass is 299 g/mol. The first-order valence-electron chi connectivity index (χ1n) is 6.42. The minimum Gasteiger partial charge on any atom is -0.465 e. The largest absolute Gasteiger partial charge is 0.465 e. The molecule has 2 rings (SSSR count). The Bertz CT molecular complexity index is 473. The number of rotatable bonds is 4. The summed E-state index contributed by atoms with van der Waals surface area (Å²) in [5, 5.41) is 0.531. The van der Waals surface area contributed by atoms with Crippen LogP contribution in [-0.2, 0) is 4.74 Å². The van der Waals surface area contributed by atoms with E-state index in [1.165, 1.54) is 32.8 Å². The number of carbonyl (C=O) groups is 1. The Morgan fingerprint density at radius 2 is 2.16 bits per heavy atom. The summed E-state index contributed by atoms with van der Waals surface area (Å²) in [5.41, 5.74) is 6.69.